The lowest BCUT2D eigenvalue weighted by atomic mass is 10.1. The van der Waals surface area contributed by atoms with E-state index in [2.05, 4.69) is 17.4 Å². The first-order chi connectivity index (χ1) is 18.0. The molecule has 0 saturated carbocycles. The Morgan fingerprint density at radius 1 is 1.00 bits per heavy atom. The number of amides is 2. The van der Waals surface area contributed by atoms with Gasteiger partial charge in [0.25, 0.3) is 0 Å². The molecule has 1 heterocycles. The number of piperazine rings is 1. The number of nitrogens with zero attached hydrogens (tertiary/aromatic N) is 2. The lowest BCUT2D eigenvalue weighted by Gasteiger charge is -2.37. The molecule has 1 atom stereocenters. The molecule has 0 aromatic heterocycles. The Bertz CT molecular complexity index is 1170. The Kier molecular flexibility index (Phi) is 9.58. The number of nitrogens with one attached hydrogen (secondary N) is 1. The van der Waals surface area contributed by atoms with Gasteiger partial charge in [0.1, 0.15) is 11.8 Å². The quantitative estimate of drug-likeness (QED) is 0.371. The van der Waals surface area contributed by atoms with Gasteiger partial charge in [-0.25, -0.2) is 0 Å². The molecule has 1 saturated heterocycles. The van der Waals surface area contributed by atoms with Crippen LogP contribution in [-0.2, 0) is 22.4 Å². The van der Waals surface area contributed by atoms with Gasteiger partial charge in [0, 0.05) is 30.8 Å². The molecule has 1 N–H and O–H groups in total. The van der Waals surface area contributed by atoms with Crippen LogP contribution in [0.5, 0.6) is 5.75 Å². The summed E-state index contributed by atoms with van der Waals surface area (Å²) in [5.74, 6) is 0.627. The minimum absolute atomic E-state index is 0.0455. The van der Waals surface area contributed by atoms with Crippen LogP contribution in [0.25, 0.3) is 0 Å². The fourth-order valence-corrected chi connectivity index (χ4v) is 4.74. The highest BCUT2D eigenvalue weighted by Crippen LogP contribution is 2.22. The van der Waals surface area contributed by atoms with Crippen LogP contribution in [0.3, 0.4) is 0 Å². The minimum Gasteiger partial charge on any atom is -0.494 e. The van der Waals surface area contributed by atoms with Gasteiger partial charge in [0.2, 0.25) is 11.8 Å². The summed E-state index contributed by atoms with van der Waals surface area (Å²) in [7, 11) is 1.82. The normalized spacial score (nSPS) is 15.5. The number of hydrogen-bond acceptors (Lipinski definition) is 4. The molecular weight excluding hydrogens is 486 g/mol. The molecule has 4 rings (SSSR count). The SMILES string of the molecule is CN(CCCc1ccccc1)C(=O)[C@H]1CNCC(=O)N1c1ccc(CCCOc2cccc(Cl)c2)cc1. The van der Waals surface area contributed by atoms with Gasteiger partial charge in [-0.1, -0.05) is 60.1 Å². The van der Waals surface area contributed by atoms with E-state index in [0.717, 1.165) is 42.7 Å². The zero-order valence-electron chi connectivity index (χ0n) is 21.2. The number of likely N-dealkylation sites (N-methyl/N-ethyl adjacent to an activating group) is 1. The van der Waals surface area contributed by atoms with Crippen LogP contribution in [0.15, 0.2) is 78.9 Å². The molecule has 3 aromatic carbocycles. The summed E-state index contributed by atoms with van der Waals surface area (Å²) in [6.07, 6.45) is 3.49. The van der Waals surface area contributed by atoms with Crippen molar-refractivity contribution < 1.29 is 14.3 Å². The molecule has 1 fully saturated rings. The third kappa shape index (κ3) is 7.57. The fraction of sp³-hybridized carbons (Fsp3) is 0.333. The largest absolute Gasteiger partial charge is 0.494 e. The first-order valence-electron chi connectivity index (χ1n) is 12.8. The van der Waals surface area contributed by atoms with E-state index < -0.39 is 6.04 Å². The summed E-state index contributed by atoms with van der Waals surface area (Å²) < 4.78 is 5.77. The van der Waals surface area contributed by atoms with Crippen molar-refractivity contribution >= 4 is 29.1 Å². The highest BCUT2D eigenvalue weighted by Gasteiger charge is 2.35. The lowest BCUT2D eigenvalue weighted by Crippen LogP contribution is -2.61. The first-order valence-corrected chi connectivity index (χ1v) is 13.2. The maximum absolute atomic E-state index is 13.3. The second-order valence-corrected chi connectivity index (χ2v) is 9.77. The number of hydrogen-bond donors (Lipinski definition) is 1. The van der Waals surface area contributed by atoms with Crippen molar-refractivity contribution in [3.05, 3.63) is 95.0 Å². The molecule has 0 radical (unpaired) electrons. The second-order valence-electron chi connectivity index (χ2n) is 9.34. The van der Waals surface area contributed by atoms with Gasteiger partial charge in [-0.3, -0.25) is 14.5 Å². The molecule has 0 unspecified atom stereocenters. The van der Waals surface area contributed by atoms with Crippen LogP contribution in [0.1, 0.15) is 24.0 Å². The monoisotopic (exact) mass is 519 g/mol. The first kappa shape index (κ1) is 26.7. The minimum atomic E-state index is -0.556. The van der Waals surface area contributed by atoms with Gasteiger partial charge in [0.05, 0.1) is 13.2 Å². The van der Waals surface area contributed by atoms with Gasteiger partial charge >= 0.3 is 0 Å². The maximum Gasteiger partial charge on any atom is 0.246 e. The van der Waals surface area contributed by atoms with Gasteiger partial charge in [-0.15, -0.1) is 0 Å². The number of benzene rings is 3. The average molecular weight is 520 g/mol. The van der Waals surface area contributed by atoms with Gasteiger partial charge < -0.3 is 15.0 Å². The number of halogens is 1. The van der Waals surface area contributed by atoms with Gasteiger partial charge in [0.15, 0.2) is 0 Å². The molecule has 6 nitrogen and oxygen atoms in total. The van der Waals surface area contributed by atoms with E-state index >= 15 is 0 Å². The van der Waals surface area contributed by atoms with Crippen LogP contribution < -0.4 is 15.0 Å². The molecule has 194 valence electrons. The molecule has 37 heavy (non-hydrogen) atoms. The van der Waals surface area contributed by atoms with Crippen LogP contribution in [-0.4, -0.2) is 56.0 Å². The third-order valence-corrected chi connectivity index (χ3v) is 6.78. The Labute approximate surface area is 224 Å². The smallest absolute Gasteiger partial charge is 0.246 e. The molecule has 0 bridgehead atoms. The predicted molar refractivity (Wildman–Crippen MR) is 148 cm³/mol. The molecule has 0 aliphatic carbocycles. The van der Waals surface area contributed by atoms with Gasteiger partial charge in [-0.05, 0) is 67.1 Å². The summed E-state index contributed by atoms with van der Waals surface area (Å²) >= 11 is 6.00. The summed E-state index contributed by atoms with van der Waals surface area (Å²) in [4.78, 5) is 29.6. The van der Waals surface area contributed by atoms with Crippen molar-refractivity contribution in [2.45, 2.75) is 31.7 Å². The standard InChI is InChI=1S/C30H34ClN3O3/c1-33(18-6-10-23-8-3-2-4-9-23)30(36)28-21-32-22-29(35)34(28)26-16-14-24(15-17-26)11-7-19-37-27-13-5-12-25(31)20-27/h2-5,8-9,12-17,20,28,32H,6-7,10-11,18-19,21-22H2,1H3/t28-/m1/s1. The zero-order valence-corrected chi connectivity index (χ0v) is 22.0. The van der Waals surface area contributed by atoms with E-state index in [9.17, 15) is 9.59 Å². The highest BCUT2D eigenvalue weighted by molar-refractivity contribution is 6.30. The van der Waals surface area contributed by atoms with E-state index in [1.54, 1.807) is 15.9 Å². The maximum atomic E-state index is 13.3. The molecule has 7 heteroatoms. The second kappa shape index (κ2) is 13.3. The summed E-state index contributed by atoms with van der Waals surface area (Å²) in [6, 6.07) is 25.0. The number of anilines is 1. The van der Waals surface area contributed by atoms with Crippen molar-refractivity contribution in [1.82, 2.24) is 10.2 Å². The molecule has 0 spiro atoms. The number of carbonyl (C=O) groups excluding carboxylic acids is 2. The van der Waals surface area contributed by atoms with Crippen LogP contribution in [0.2, 0.25) is 5.02 Å². The van der Waals surface area contributed by atoms with Crippen LogP contribution in [0, 0.1) is 0 Å². The molecule has 1 aliphatic heterocycles. The molecule has 1 aliphatic rings. The van der Waals surface area contributed by atoms with E-state index in [0.29, 0.717) is 24.7 Å². The Balaban J connectivity index is 1.31. The third-order valence-electron chi connectivity index (χ3n) is 6.55. The number of aryl methyl sites for hydroxylation is 2. The zero-order chi connectivity index (χ0) is 26.0. The van der Waals surface area contributed by atoms with E-state index in [4.69, 9.17) is 16.3 Å². The van der Waals surface area contributed by atoms with Crippen molar-refractivity contribution in [3.8, 4) is 5.75 Å². The Morgan fingerprint density at radius 2 is 1.73 bits per heavy atom. The predicted octanol–water partition coefficient (Wildman–Crippen LogP) is 4.75. The average Bonchev–Trinajstić information content (AvgIpc) is 2.91. The topological polar surface area (TPSA) is 61.9 Å². The van der Waals surface area contributed by atoms with Crippen molar-refractivity contribution in [2.75, 3.05) is 38.2 Å². The number of ether oxygens (including phenoxy) is 1. The fourth-order valence-electron chi connectivity index (χ4n) is 4.56. The molecule has 3 aromatic rings. The van der Waals surface area contributed by atoms with Crippen LogP contribution in [0.4, 0.5) is 5.69 Å². The Hall–Kier alpha value is -3.35. The van der Waals surface area contributed by atoms with E-state index in [1.165, 1.54) is 5.56 Å². The molecular formula is C30H34ClN3O3. The lowest BCUT2D eigenvalue weighted by molar-refractivity contribution is -0.134. The van der Waals surface area contributed by atoms with Crippen LogP contribution >= 0.6 is 11.6 Å². The highest BCUT2D eigenvalue weighted by atomic mass is 35.5. The molecule has 2 amide bonds. The van der Waals surface area contributed by atoms with Crippen molar-refractivity contribution in [2.24, 2.45) is 0 Å². The van der Waals surface area contributed by atoms with Gasteiger partial charge in [-0.2, -0.15) is 0 Å². The van der Waals surface area contributed by atoms with Crippen molar-refractivity contribution in [3.63, 3.8) is 0 Å². The number of rotatable bonds is 11. The number of carbonyl (C=O) groups is 2. The van der Waals surface area contributed by atoms with Crippen molar-refractivity contribution in [1.29, 1.82) is 0 Å². The van der Waals surface area contributed by atoms with E-state index in [1.807, 2.05) is 67.7 Å². The van der Waals surface area contributed by atoms with E-state index in [-0.39, 0.29) is 18.4 Å². The summed E-state index contributed by atoms with van der Waals surface area (Å²) in [6.45, 7) is 1.90. The summed E-state index contributed by atoms with van der Waals surface area (Å²) in [5.41, 5.74) is 3.17. The summed E-state index contributed by atoms with van der Waals surface area (Å²) in [5, 5.41) is 3.76. The Morgan fingerprint density at radius 3 is 2.49 bits per heavy atom.